The molecule has 0 amide bonds. The van der Waals surface area contributed by atoms with Gasteiger partial charge < -0.3 is 19.8 Å². The fourth-order valence-electron chi connectivity index (χ4n) is 2.22. The van der Waals surface area contributed by atoms with Crippen LogP contribution in [0.2, 0.25) is 0 Å². The van der Waals surface area contributed by atoms with Crippen molar-refractivity contribution < 1.29 is 9.47 Å². The molecule has 108 valence electrons. The number of unbranched alkanes of at least 4 members (excludes halogenated alkanes) is 1. The van der Waals surface area contributed by atoms with Crippen LogP contribution in [0.3, 0.4) is 0 Å². The lowest BCUT2D eigenvalue weighted by Gasteiger charge is -2.14. The predicted molar refractivity (Wildman–Crippen MR) is 79.1 cm³/mol. The molecule has 0 fully saturated rings. The molecule has 0 radical (unpaired) electrons. The predicted octanol–water partition coefficient (Wildman–Crippen LogP) is 2.31. The molecule has 2 aromatic rings. The summed E-state index contributed by atoms with van der Waals surface area (Å²) >= 11 is 0. The van der Waals surface area contributed by atoms with E-state index in [1.54, 1.807) is 20.4 Å². The van der Waals surface area contributed by atoms with Crippen molar-refractivity contribution in [1.82, 2.24) is 9.55 Å². The quantitative estimate of drug-likeness (QED) is 0.788. The molecule has 5 nitrogen and oxygen atoms in total. The molecule has 0 bridgehead atoms. The highest BCUT2D eigenvalue weighted by molar-refractivity contribution is 5.72. The molecule has 2 N–H and O–H groups in total. The minimum absolute atomic E-state index is 0.710. The van der Waals surface area contributed by atoms with E-state index >= 15 is 0 Å². The van der Waals surface area contributed by atoms with Gasteiger partial charge in [0.15, 0.2) is 0 Å². The summed E-state index contributed by atoms with van der Waals surface area (Å²) in [4.78, 5) is 4.45. The first kappa shape index (κ1) is 14.4. The van der Waals surface area contributed by atoms with E-state index in [0.29, 0.717) is 6.54 Å². The summed E-state index contributed by atoms with van der Waals surface area (Å²) in [5, 5.41) is 0. The number of ether oxygens (including phenoxy) is 2. The smallest absolute Gasteiger partial charge is 0.147 e. The van der Waals surface area contributed by atoms with Crippen molar-refractivity contribution in [3.63, 3.8) is 0 Å². The van der Waals surface area contributed by atoms with Crippen molar-refractivity contribution >= 4 is 0 Å². The van der Waals surface area contributed by atoms with Crippen molar-refractivity contribution in [2.45, 2.75) is 19.4 Å². The summed E-state index contributed by atoms with van der Waals surface area (Å²) in [6, 6.07) is 5.73. The van der Waals surface area contributed by atoms with Crippen LogP contribution in [0.1, 0.15) is 12.8 Å². The Hall–Kier alpha value is -2.01. The number of rotatable bonds is 7. The molecule has 0 aliphatic carbocycles. The van der Waals surface area contributed by atoms with Crippen LogP contribution in [0.15, 0.2) is 30.6 Å². The Kier molecular flexibility index (Phi) is 5.01. The normalized spacial score (nSPS) is 10.6. The van der Waals surface area contributed by atoms with Crippen LogP contribution in [-0.2, 0) is 6.54 Å². The van der Waals surface area contributed by atoms with Crippen molar-refractivity contribution in [3.05, 3.63) is 30.6 Å². The molecule has 0 saturated heterocycles. The lowest BCUT2D eigenvalue weighted by atomic mass is 10.1. The molecular weight excluding hydrogens is 254 g/mol. The number of aryl methyl sites for hydroxylation is 1. The van der Waals surface area contributed by atoms with E-state index in [0.717, 1.165) is 42.3 Å². The molecule has 1 heterocycles. The van der Waals surface area contributed by atoms with Gasteiger partial charge in [0, 0.05) is 18.9 Å². The monoisotopic (exact) mass is 275 g/mol. The Bertz CT molecular complexity index is 530. The van der Waals surface area contributed by atoms with E-state index in [1.807, 2.05) is 24.4 Å². The molecule has 0 saturated carbocycles. The van der Waals surface area contributed by atoms with Gasteiger partial charge in [-0.2, -0.15) is 0 Å². The summed E-state index contributed by atoms with van der Waals surface area (Å²) < 4.78 is 13.0. The summed E-state index contributed by atoms with van der Waals surface area (Å²) in [5.41, 5.74) is 6.43. The van der Waals surface area contributed by atoms with Gasteiger partial charge in [0.1, 0.15) is 22.9 Å². The number of aromatic nitrogens is 2. The molecule has 0 atom stereocenters. The zero-order valence-electron chi connectivity index (χ0n) is 12.0. The maximum Gasteiger partial charge on any atom is 0.147 e. The lowest BCUT2D eigenvalue weighted by Crippen LogP contribution is -2.05. The van der Waals surface area contributed by atoms with Gasteiger partial charge in [0.2, 0.25) is 0 Å². The van der Waals surface area contributed by atoms with Gasteiger partial charge in [-0.1, -0.05) is 6.07 Å². The fraction of sp³-hybridized carbons (Fsp3) is 0.400. The van der Waals surface area contributed by atoms with Crippen LogP contribution in [-0.4, -0.2) is 30.3 Å². The summed E-state index contributed by atoms with van der Waals surface area (Å²) in [6.45, 7) is 1.59. The zero-order chi connectivity index (χ0) is 14.4. The third-order valence-electron chi connectivity index (χ3n) is 3.22. The zero-order valence-corrected chi connectivity index (χ0v) is 12.0. The Labute approximate surface area is 119 Å². The maximum absolute atomic E-state index is 5.54. The average molecular weight is 275 g/mol. The highest BCUT2D eigenvalue weighted by atomic mass is 16.5. The van der Waals surface area contributed by atoms with Crippen molar-refractivity contribution in [1.29, 1.82) is 0 Å². The first-order chi connectivity index (χ1) is 9.81. The first-order valence-corrected chi connectivity index (χ1v) is 6.74. The van der Waals surface area contributed by atoms with Gasteiger partial charge in [-0.3, -0.25) is 0 Å². The third-order valence-corrected chi connectivity index (χ3v) is 3.22. The average Bonchev–Trinajstić information content (AvgIpc) is 2.94. The van der Waals surface area contributed by atoms with Crippen LogP contribution in [0.4, 0.5) is 0 Å². The maximum atomic E-state index is 5.54. The Morgan fingerprint density at radius 1 is 1.15 bits per heavy atom. The standard InChI is InChI=1S/C15H21N3O2/c1-19-12-6-5-7-13(20-2)14(12)15-17-9-11-18(15)10-4-3-8-16/h5-7,9,11H,3-4,8,10,16H2,1-2H3. The third kappa shape index (κ3) is 2.93. The van der Waals surface area contributed by atoms with Crippen LogP contribution < -0.4 is 15.2 Å². The molecule has 1 aromatic carbocycles. The van der Waals surface area contributed by atoms with Crippen LogP contribution in [0.5, 0.6) is 11.5 Å². The van der Waals surface area contributed by atoms with Gasteiger partial charge >= 0.3 is 0 Å². The van der Waals surface area contributed by atoms with Crippen LogP contribution in [0, 0.1) is 0 Å². The number of nitrogens with zero attached hydrogens (tertiary/aromatic N) is 2. The van der Waals surface area contributed by atoms with E-state index in [1.165, 1.54) is 0 Å². The molecule has 20 heavy (non-hydrogen) atoms. The molecule has 1 aromatic heterocycles. The van der Waals surface area contributed by atoms with Crippen LogP contribution in [0.25, 0.3) is 11.4 Å². The van der Waals surface area contributed by atoms with Gasteiger partial charge in [-0.15, -0.1) is 0 Å². The molecular formula is C15H21N3O2. The van der Waals surface area contributed by atoms with E-state index in [-0.39, 0.29) is 0 Å². The summed E-state index contributed by atoms with van der Waals surface area (Å²) in [6.07, 6.45) is 5.79. The van der Waals surface area contributed by atoms with Gasteiger partial charge in [0.05, 0.1) is 14.2 Å². The number of hydrogen-bond donors (Lipinski definition) is 1. The number of hydrogen-bond acceptors (Lipinski definition) is 4. The van der Waals surface area contributed by atoms with Crippen LogP contribution >= 0.6 is 0 Å². The minimum Gasteiger partial charge on any atom is -0.496 e. The topological polar surface area (TPSA) is 62.3 Å². The van der Waals surface area contributed by atoms with Crippen molar-refractivity contribution in [3.8, 4) is 22.9 Å². The van der Waals surface area contributed by atoms with Crippen molar-refractivity contribution in [2.24, 2.45) is 5.73 Å². The molecule has 0 unspecified atom stereocenters. The fourth-order valence-corrected chi connectivity index (χ4v) is 2.22. The number of nitrogens with two attached hydrogens (primary N) is 1. The highest BCUT2D eigenvalue weighted by Crippen LogP contribution is 2.37. The first-order valence-electron chi connectivity index (χ1n) is 6.74. The van der Waals surface area contributed by atoms with Gasteiger partial charge in [-0.05, 0) is 31.5 Å². The summed E-state index contributed by atoms with van der Waals surface area (Å²) in [7, 11) is 3.31. The highest BCUT2D eigenvalue weighted by Gasteiger charge is 2.16. The van der Waals surface area contributed by atoms with E-state index < -0.39 is 0 Å². The minimum atomic E-state index is 0.710. The van der Waals surface area contributed by atoms with Gasteiger partial charge in [-0.25, -0.2) is 4.98 Å². The Morgan fingerprint density at radius 2 is 1.85 bits per heavy atom. The van der Waals surface area contributed by atoms with Gasteiger partial charge in [0.25, 0.3) is 0 Å². The Morgan fingerprint density at radius 3 is 2.45 bits per heavy atom. The second-order valence-electron chi connectivity index (χ2n) is 4.48. The lowest BCUT2D eigenvalue weighted by molar-refractivity contribution is 0.396. The van der Waals surface area contributed by atoms with E-state index in [4.69, 9.17) is 15.2 Å². The largest absolute Gasteiger partial charge is 0.496 e. The van der Waals surface area contributed by atoms with E-state index in [2.05, 4.69) is 9.55 Å². The number of benzene rings is 1. The molecule has 0 aliphatic rings. The molecule has 0 spiro atoms. The number of imidazole rings is 1. The molecule has 5 heteroatoms. The van der Waals surface area contributed by atoms with E-state index in [9.17, 15) is 0 Å². The van der Waals surface area contributed by atoms with Crippen molar-refractivity contribution in [2.75, 3.05) is 20.8 Å². The second kappa shape index (κ2) is 6.96. The molecule has 2 rings (SSSR count). The Balaban J connectivity index is 2.38. The second-order valence-corrected chi connectivity index (χ2v) is 4.48. The summed E-state index contributed by atoms with van der Waals surface area (Å²) in [5.74, 6) is 2.38. The number of methoxy groups -OCH3 is 2. The SMILES string of the molecule is COc1cccc(OC)c1-c1nccn1CCCCN. The molecule has 0 aliphatic heterocycles.